The molecule has 0 bridgehead atoms. The smallest absolute Gasteiger partial charge is 0.326 e. The summed E-state index contributed by atoms with van der Waals surface area (Å²) in [6, 6.07) is -21.0. The van der Waals surface area contributed by atoms with Gasteiger partial charge >= 0.3 is 5.97 Å². The van der Waals surface area contributed by atoms with E-state index < -0.39 is 229 Å². The number of nitrogens with two attached hydrogens (primary N) is 9. The van der Waals surface area contributed by atoms with Crippen molar-refractivity contribution in [3.8, 4) is 0 Å². The molecule has 0 fully saturated rings. The van der Waals surface area contributed by atoms with E-state index in [0.717, 1.165) is 0 Å². The number of carboxylic acids is 1. The summed E-state index contributed by atoms with van der Waals surface area (Å²) >= 11 is 1.31. The number of thioether (sulfide) groups is 1. The van der Waals surface area contributed by atoms with Crippen molar-refractivity contribution in [3.05, 3.63) is 0 Å². The normalized spacial score (nSPS) is 14.6. The fraction of sp³-hybridized carbons (Fsp3) is 0.762. The maximum atomic E-state index is 14.9. The van der Waals surface area contributed by atoms with Crippen LogP contribution in [0.5, 0.6) is 0 Å². The van der Waals surface area contributed by atoms with E-state index in [1.165, 1.54) is 18.7 Å². The third kappa shape index (κ3) is 54.9. The topological polar surface area (TPSA) is 853 Å². The number of amides is 16. The number of carbonyl (C=O) groups excluding carboxylic acids is 16. The Bertz CT molecular complexity index is 3720. The maximum Gasteiger partial charge on any atom is 0.326 e. The average Bonchev–Trinajstić information content (AvgIpc) is 1.12. The van der Waals surface area contributed by atoms with Gasteiger partial charge in [-0.05, 0) is 223 Å². The molecule has 0 aliphatic carbocycles. The Hall–Kier alpha value is -11.1. The van der Waals surface area contributed by atoms with Crippen molar-refractivity contribution in [3.63, 3.8) is 0 Å². The van der Waals surface area contributed by atoms with E-state index in [0.29, 0.717) is 32.1 Å². The standard InChI is InChI=1S/C84H160N30O19S/c1-46(2)40-61(102-66(117)44-100-69(120)52(22-11-15-32-85)103-79(130)62(41-47(3)4)112-67(118)50(9)101-68(119)51(89)45-115)78(129)109-56(26-19-36-97-82(91)92)73(124)104-54(24-13-17-34-87)72(123)111-60(31-39-134-10)77(128)105-53(23-12-16-33-86)70(121)106-57(27-20-37-98-83(93)94)74(125)113-63(42-48(5)6)80(131)108-55(25-14-18-35-88)71(122)110-59(29-30-65(90)116)76(127)107-58(28-21-38-99-84(95)96)75(126)114-64(81(132)133)43-49(7)8/h46-64,115H,11-45,85-89H2,1-10H3,(H2,90,116)(H,100,120)(H,101,119)(H,102,117)(H,103,130)(H,104,124)(H,105,128)(H,106,121)(H,107,127)(H,108,131)(H,109,129)(H,110,122)(H,111,123)(H,112,118)(H,113,125)(H,114,126)(H,132,133)(H4,91,92,97)(H4,93,94,98)(H4,95,96,99)/t50-,51-,52-,53-,54-,55-,56-,57-,58-,59-,60-,61-,62-,63-,64-/m0/s1. The predicted molar refractivity (Wildman–Crippen MR) is 507 cm³/mol. The monoisotopic (exact) mass is 1930 g/mol. The minimum absolute atomic E-state index is 0.00643. The lowest BCUT2D eigenvalue weighted by Crippen LogP contribution is -2.61. The van der Waals surface area contributed by atoms with E-state index in [9.17, 15) is 91.7 Å². The van der Waals surface area contributed by atoms with Gasteiger partial charge in [-0.2, -0.15) is 11.8 Å². The van der Waals surface area contributed by atoms with E-state index >= 15 is 0 Å². The Morgan fingerprint density at radius 1 is 0.299 bits per heavy atom. The van der Waals surface area contributed by atoms with Gasteiger partial charge in [0.25, 0.3) is 0 Å². The number of carbonyl (C=O) groups is 17. The Labute approximate surface area is 789 Å². The second-order valence-corrected chi connectivity index (χ2v) is 35.8. The third-order valence-electron chi connectivity index (χ3n) is 20.8. The first kappa shape index (κ1) is 123. The lowest BCUT2D eigenvalue weighted by molar-refractivity contribution is -0.143. The first-order chi connectivity index (χ1) is 63.2. The van der Waals surface area contributed by atoms with Crippen LogP contribution in [0.1, 0.15) is 223 Å². The molecule has 0 spiro atoms. The van der Waals surface area contributed by atoms with E-state index in [1.807, 2.05) is 0 Å². The number of guanidine groups is 3. The fourth-order valence-electron chi connectivity index (χ4n) is 13.6. The van der Waals surface area contributed by atoms with Crippen LogP contribution in [0.2, 0.25) is 0 Å². The number of nitrogens with one attached hydrogen (secondary N) is 21. The van der Waals surface area contributed by atoms with Gasteiger partial charge in [0.05, 0.1) is 13.2 Å². The first-order valence-electron chi connectivity index (χ1n) is 46.1. The van der Waals surface area contributed by atoms with Gasteiger partial charge in [0.1, 0.15) is 90.6 Å². The van der Waals surface area contributed by atoms with Crippen LogP contribution in [-0.2, 0) is 81.5 Å². The maximum absolute atomic E-state index is 14.9. The van der Waals surface area contributed by atoms with Crippen LogP contribution < -0.4 is 147 Å². The number of hydrogen-bond donors (Lipinski definition) is 32. The van der Waals surface area contributed by atoms with E-state index in [4.69, 9.17) is 67.8 Å². The summed E-state index contributed by atoms with van der Waals surface area (Å²) in [5.74, 6) is -17.3. The molecule has 0 aliphatic rings. The molecule has 0 radical (unpaired) electrons. The van der Waals surface area contributed by atoms with Crippen LogP contribution in [0.25, 0.3) is 0 Å². The van der Waals surface area contributed by atoms with Crippen molar-refractivity contribution in [1.82, 2.24) is 95.7 Å². The molecule has 0 saturated heterocycles. The summed E-state index contributed by atoms with van der Waals surface area (Å²) in [5.41, 5.74) is 51.2. The van der Waals surface area contributed by atoms with Gasteiger partial charge in [0, 0.05) is 26.1 Å². The molecule has 0 heterocycles. The van der Waals surface area contributed by atoms with Gasteiger partial charge in [0.15, 0.2) is 17.9 Å². The molecule has 0 aliphatic heterocycles. The predicted octanol–water partition coefficient (Wildman–Crippen LogP) is -7.18. The quantitative estimate of drug-likeness (QED) is 0.0153. The number of aliphatic hydroxyl groups is 1. The lowest BCUT2D eigenvalue weighted by atomic mass is 10.00. The molecule has 0 unspecified atom stereocenters. The molecule has 49 nitrogen and oxygen atoms in total. The van der Waals surface area contributed by atoms with Crippen molar-refractivity contribution in [1.29, 1.82) is 16.2 Å². The molecule has 766 valence electrons. The number of hydrogen-bond acceptors (Lipinski definition) is 27. The Balaban J connectivity index is 7.57. The molecule has 134 heavy (non-hydrogen) atoms. The summed E-state index contributed by atoms with van der Waals surface area (Å²) in [6.07, 6.45) is 2.93. The highest BCUT2D eigenvalue weighted by atomic mass is 32.2. The van der Waals surface area contributed by atoms with Crippen LogP contribution in [0.3, 0.4) is 0 Å². The second kappa shape index (κ2) is 69.7. The van der Waals surface area contributed by atoms with Crippen molar-refractivity contribution in [2.45, 2.75) is 313 Å². The van der Waals surface area contributed by atoms with Crippen molar-refractivity contribution >= 4 is 130 Å². The van der Waals surface area contributed by atoms with Gasteiger partial charge < -0.3 is 158 Å². The molecule has 0 aromatic carbocycles. The minimum atomic E-state index is -1.61. The van der Waals surface area contributed by atoms with Crippen LogP contribution >= 0.6 is 11.8 Å². The van der Waals surface area contributed by atoms with Crippen LogP contribution in [0.4, 0.5) is 0 Å². The fourth-order valence-corrected chi connectivity index (χ4v) is 14.1. The van der Waals surface area contributed by atoms with E-state index in [-0.39, 0.29) is 197 Å². The molecular weight excluding hydrogens is 1770 g/mol. The largest absolute Gasteiger partial charge is 0.480 e. The first-order valence-corrected chi connectivity index (χ1v) is 47.5. The zero-order valence-corrected chi connectivity index (χ0v) is 80.5. The second-order valence-electron chi connectivity index (χ2n) is 34.8. The van der Waals surface area contributed by atoms with E-state index in [2.05, 4.69) is 95.7 Å². The zero-order valence-electron chi connectivity index (χ0n) is 79.7. The highest BCUT2D eigenvalue weighted by Crippen LogP contribution is 2.17. The SMILES string of the molecule is CSCC[C@H](NC(=O)[C@H](CCCCN)NC(=O)[C@H](CCCNC(=N)N)NC(=O)[C@H](CC(C)C)NC(=O)CNC(=O)[C@H](CCCCN)NC(=O)[C@H](CC(C)C)NC(=O)[C@H](C)NC(=O)[C@@H](N)CO)C(=O)N[C@@H](CCCCN)C(=O)N[C@@H](CCCNC(=N)N)C(=O)N[C@@H](CC(C)C)C(=O)N[C@@H](CCCCN)C(=O)N[C@@H](CCC(N)=O)C(=O)N[C@@H](CCCNC(=N)N)C(=O)N[C@@H](CC(C)C)C(=O)O. The number of rotatable bonds is 74. The molecule has 0 aromatic heterocycles. The van der Waals surface area contributed by atoms with Crippen LogP contribution in [-0.4, -0.2) is 290 Å². The van der Waals surface area contributed by atoms with Gasteiger partial charge in [0.2, 0.25) is 94.5 Å². The third-order valence-corrected chi connectivity index (χ3v) is 21.4. The molecule has 41 N–H and O–H groups in total. The molecule has 0 rings (SSSR count). The highest BCUT2D eigenvalue weighted by molar-refractivity contribution is 7.98. The van der Waals surface area contributed by atoms with Crippen LogP contribution in [0, 0.1) is 39.9 Å². The highest BCUT2D eigenvalue weighted by Gasteiger charge is 2.39. The Morgan fingerprint density at radius 3 is 0.813 bits per heavy atom. The summed E-state index contributed by atoms with van der Waals surface area (Å²) in [7, 11) is 0. The summed E-state index contributed by atoms with van der Waals surface area (Å²) in [6.45, 7) is 14.8. The van der Waals surface area contributed by atoms with E-state index in [1.54, 1.807) is 61.6 Å². The van der Waals surface area contributed by atoms with Gasteiger partial charge in [-0.1, -0.05) is 55.4 Å². The number of primary amides is 1. The molecule has 0 saturated carbocycles. The Morgan fingerprint density at radius 2 is 0.545 bits per heavy atom. The lowest BCUT2D eigenvalue weighted by Gasteiger charge is -2.29. The summed E-state index contributed by atoms with van der Waals surface area (Å²) < 4.78 is 0. The van der Waals surface area contributed by atoms with Gasteiger partial charge in [-0.25, -0.2) is 4.79 Å². The van der Waals surface area contributed by atoms with Gasteiger partial charge in [-0.3, -0.25) is 92.9 Å². The molecule has 50 heteroatoms. The molecule has 15 atom stereocenters. The number of aliphatic hydroxyl groups excluding tert-OH is 1. The minimum Gasteiger partial charge on any atom is -0.480 e. The summed E-state index contributed by atoms with van der Waals surface area (Å²) in [4.78, 5) is 238. The van der Waals surface area contributed by atoms with Gasteiger partial charge in [-0.15, -0.1) is 0 Å². The van der Waals surface area contributed by atoms with Crippen molar-refractivity contribution in [2.75, 3.05) is 71.0 Å². The zero-order chi connectivity index (χ0) is 102. The molecular formula is C84H160N30O19S. The molecule has 0 aromatic rings. The number of aliphatic carboxylic acids is 1. The Kier molecular flexibility index (Phi) is 63.9. The van der Waals surface area contributed by atoms with Crippen molar-refractivity contribution in [2.24, 2.45) is 75.3 Å². The molecule has 16 amide bonds. The average molecular weight is 1930 g/mol. The van der Waals surface area contributed by atoms with Crippen molar-refractivity contribution < 1.29 is 91.7 Å². The number of carboxylic acid groups (broad SMARTS) is 1. The van der Waals surface area contributed by atoms with Crippen LogP contribution in [0.15, 0.2) is 0 Å². The summed E-state index contributed by atoms with van der Waals surface area (Å²) in [5, 5.41) is 89.5. The number of unbranched alkanes of at least 4 members (excludes halogenated alkanes) is 4.